The van der Waals surface area contributed by atoms with Crippen LogP contribution in [-0.4, -0.2) is 0 Å². The number of hydrogen-bond donors (Lipinski definition) is 1. The fourth-order valence-corrected chi connectivity index (χ4v) is 2.15. The van der Waals surface area contributed by atoms with Crippen molar-refractivity contribution < 1.29 is 17.9 Å². The fourth-order valence-electron chi connectivity index (χ4n) is 1.68. The minimum absolute atomic E-state index is 0.0901. The van der Waals surface area contributed by atoms with E-state index < -0.39 is 23.2 Å². The van der Waals surface area contributed by atoms with Gasteiger partial charge in [0.1, 0.15) is 17.6 Å². The molecule has 0 fully saturated rings. The van der Waals surface area contributed by atoms with E-state index >= 15 is 0 Å². The lowest BCUT2D eigenvalue weighted by Gasteiger charge is -2.11. The van der Waals surface area contributed by atoms with E-state index in [4.69, 9.17) is 15.7 Å². The molecule has 0 heterocycles. The summed E-state index contributed by atoms with van der Waals surface area (Å²) in [5, 5.41) is 11.3. The van der Waals surface area contributed by atoms with Crippen LogP contribution in [0.1, 0.15) is 11.1 Å². The highest BCUT2D eigenvalue weighted by Crippen LogP contribution is 2.33. The van der Waals surface area contributed by atoms with Crippen molar-refractivity contribution in [2.24, 2.45) is 0 Å². The van der Waals surface area contributed by atoms with Gasteiger partial charge in [0.05, 0.1) is 16.8 Å². The Bertz CT molecular complexity index is 872. The van der Waals surface area contributed by atoms with E-state index in [1.807, 2.05) is 21.2 Å². The molecule has 0 aromatic heterocycles. The van der Waals surface area contributed by atoms with Gasteiger partial charge in [0.25, 0.3) is 0 Å². The second-order valence-corrected chi connectivity index (χ2v) is 5.81. The summed E-state index contributed by atoms with van der Waals surface area (Å²) in [5.41, 5.74) is 4.88. The summed E-state index contributed by atoms with van der Waals surface area (Å²) < 4.78 is 46.7. The lowest BCUT2D eigenvalue weighted by molar-refractivity contribution is 0.406. The van der Waals surface area contributed by atoms with Gasteiger partial charge in [0.15, 0.2) is 17.4 Å². The second-order valence-electron chi connectivity index (χ2n) is 4.13. The molecule has 2 rings (SSSR count). The minimum atomic E-state index is -1.07. The van der Waals surface area contributed by atoms with Crippen molar-refractivity contribution >= 4 is 35.8 Å². The molecule has 3 nitrogen and oxygen atoms in total. The van der Waals surface area contributed by atoms with Crippen molar-refractivity contribution in [1.82, 2.24) is 0 Å². The van der Waals surface area contributed by atoms with Gasteiger partial charge in [-0.05, 0) is 32.2 Å². The standard InChI is InChI=1S/C15H6F3IN2OS/c16-11-2-1-9(5-8(11)7-20)22-15-12(17)6-13(21)10(14(15)18)3-4-23-19/h1-2,5-6H,21H2. The van der Waals surface area contributed by atoms with E-state index in [0.717, 1.165) is 33.2 Å². The predicted molar refractivity (Wildman–Crippen MR) is 90.4 cm³/mol. The first kappa shape index (κ1) is 17.3. The molecule has 0 saturated heterocycles. The van der Waals surface area contributed by atoms with Gasteiger partial charge in [-0.15, -0.1) is 0 Å². The highest BCUT2D eigenvalue weighted by Gasteiger charge is 2.19. The Kier molecular flexibility index (Phi) is 5.64. The second kappa shape index (κ2) is 7.49. The van der Waals surface area contributed by atoms with Gasteiger partial charge in [-0.25, -0.2) is 13.2 Å². The highest BCUT2D eigenvalue weighted by molar-refractivity contribution is 14.2. The average molecular weight is 446 g/mol. The molecule has 0 atom stereocenters. The van der Waals surface area contributed by atoms with Gasteiger partial charge >= 0.3 is 0 Å². The van der Waals surface area contributed by atoms with Gasteiger partial charge in [-0.2, -0.15) is 5.26 Å². The fraction of sp³-hybridized carbons (Fsp3) is 0. The number of nitrogens with zero attached hydrogens (tertiary/aromatic N) is 1. The molecular weight excluding hydrogens is 440 g/mol. The molecule has 0 bridgehead atoms. The number of nitrogen functional groups attached to an aromatic ring is 1. The lowest BCUT2D eigenvalue weighted by Crippen LogP contribution is -2.01. The van der Waals surface area contributed by atoms with Crippen LogP contribution in [0.15, 0.2) is 24.3 Å². The first-order valence-electron chi connectivity index (χ1n) is 5.91. The summed E-state index contributed by atoms with van der Waals surface area (Å²) >= 11 is 1.89. The molecular formula is C15H6F3IN2OS. The summed E-state index contributed by atoms with van der Waals surface area (Å²) in [5.74, 6) is -1.21. The summed E-state index contributed by atoms with van der Waals surface area (Å²) in [6, 6.07) is 5.65. The van der Waals surface area contributed by atoms with E-state index in [0.29, 0.717) is 0 Å². The predicted octanol–water partition coefficient (Wildman–Crippen LogP) is 4.74. The monoisotopic (exact) mass is 446 g/mol. The molecule has 8 heteroatoms. The van der Waals surface area contributed by atoms with Gasteiger partial charge in [0, 0.05) is 33.3 Å². The SMILES string of the molecule is N#Cc1cc(Oc2c(F)cc(N)c(C#CSI)c2F)ccc1F. The summed E-state index contributed by atoms with van der Waals surface area (Å²) in [4.78, 5) is 0. The number of rotatable bonds is 2. The normalized spacial score (nSPS) is 9.70. The van der Waals surface area contributed by atoms with Crippen molar-refractivity contribution in [3.63, 3.8) is 0 Å². The van der Waals surface area contributed by atoms with E-state index in [1.54, 1.807) is 6.07 Å². The quantitative estimate of drug-likeness (QED) is 0.412. The van der Waals surface area contributed by atoms with Crippen molar-refractivity contribution in [1.29, 1.82) is 5.26 Å². The Labute approximate surface area is 146 Å². The average Bonchev–Trinajstić information content (AvgIpc) is 2.52. The van der Waals surface area contributed by atoms with Gasteiger partial charge in [0.2, 0.25) is 0 Å². The summed E-state index contributed by atoms with van der Waals surface area (Å²) in [7, 11) is 1.11. The van der Waals surface area contributed by atoms with Gasteiger partial charge in [-0.1, -0.05) is 0 Å². The highest BCUT2D eigenvalue weighted by atomic mass is 127. The smallest absolute Gasteiger partial charge is 0.200 e. The molecule has 0 aliphatic carbocycles. The molecule has 0 spiro atoms. The lowest BCUT2D eigenvalue weighted by atomic mass is 10.1. The Morgan fingerprint density at radius 3 is 2.57 bits per heavy atom. The number of nitriles is 1. The van der Waals surface area contributed by atoms with Gasteiger partial charge < -0.3 is 10.5 Å². The number of hydrogen-bond acceptors (Lipinski definition) is 4. The zero-order valence-corrected chi connectivity index (χ0v) is 14.1. The Morgan fingerprint density at radius 1 is 1.17 bits per heavy atom. The zero-order valence-electron chi connectivity index (χ0n) is 11.2. The van der Waals surface area contributed by atoms with Crippen molar-refractivity contribution in [2.45, 2.75) is 0 Å². The molecule has 0 radical (unpaired) electrons. The van der Waals surface area contributed by atoms with Crippen LogP contribution in [0, 0.1) is 40.0 Å². The maximum atomic E-state index is 14.4. The Morgan fingerprint density at radius 2 is 1.91 bits per heavy atom. The van der Waals surface area contributed by atoms with Crippen LogP contribution in [0.4, 0.5) is 18.9 Å². The maximum absolute atomic E-state index is 14.4. The van der Waals surface area contributed by atoms with E-state index in [-0.39, 0.29) is 22.6 Å². The molecule has 2 N–H and O–H groups in total. The van der Waals surface area contributed by atoms with Crippen molar-refractivity contribution in [3.05, 3.63) is 52.8 Å². The van der Waals surface area contributed by atoms with Crippen molar-refractivity contribution in [2.75, 3.05) is 5.73 Å². The molecule has 0 amide bonds. The third kappa shape index (κ3) is 3.84. The number of benzene rings is 2. The maximum Gasteiger partial charge on any atom is 0.200 e. The number of anilines is 1. The van der Waals surface area contributed by atoms with Crippen LogP contribution in [0.5, 0.6) is 11.5 Å². The largest absolute Gasteiger partial charge is 0.451 e. The first-order chi connectivity index (χ1) is 11.0. The van der Waals surface area contributed by atoms with Crippen LogP contribution < -0.4 is 10.5 Å². The topological polar surface area (TPSA) is 59.0 Å². The number of halogens is 4. The molecule has 0 aliphatic rings. The number of nitrogens with two attached hydrogens (primary N) is 1. The molecule has 116 valence electrons. The third-order valence-corrected chi connectivity index (χ3v) is 3.54. The van der Waals surface area contributed by atoms with Crippen LogP contribution >= 0.6 is 30.1 Å². The minimum Gasteiger partial charge on any atom is -0.451 e. The first-order valence-corrected chi connectivity index (χ1v) is 9.27. The summed E-state index contributed by atoms with van der Waals surface area (Å²) in [6.07, 6.45) is 0. The zero-order chi connectivity index (χ0) is 17.0. The Hall–Kier alpha value is -2.04. The third-order valence-electron chi connectivity index (χ3n) is 2.70. The van der Waals surface area contributed by atoms with E-state index in [2.05, 4.69) is 11.2 Å². The van der Waals surface area contributed by atoms with Crippen LogP contribution in [0.2, 0.25) is 0 Å². The molecule has 23 heavy (non-hydrogen) atoms. The van der Waals surface area contributed by atoms with Crippen LogP contribution in [0.3, 0.4) is 0 Å². The molecule has 2 aromatic rings. The molecule has 2 aromatic carbocycles. The van der Waals surface area contributed by atoms with E-state index in [9.17, 15) is 13.2 Å². The summed E-state index contributed by atoms with van der Waals surface area (Å²) in [6.45, 7) is 0. The Balaban J connectivity index is 2.50. The molecule has 0 aliphatic heterocycles. The van der Waals surface area contributed by atoms with Gasteiger partial charge in [-0.3, -0.25) is 0 Å². The molecule has 0 unspecified atom stereocenters. The van der Waals surface area contributed by atoms with Crippen LogP contribution in [0.25, 0.3) is 0 Å². The molecule has 0 saturated carbocycles. The number of ether oxygens (including phenoxy) is 1. The van der Waals surface area contributed by atoms with Crippen molar-refractivity contribution in [3.8, 4) is 28.7 Å². The van der Waals surface area contributed by atoms with E-state index in [1.165, 1.54) is 0 Å². The van der Waals surface area contributed by atoms with Crippen LogP contribution in [-0.2, 0) is 0 Å².